The third-order valence-corrected chi connectivity index (χ3v) is 7.75. The molecule has 1 atom stereocenters. The molecule has 1 aliphatic carbocycles. The minimum absolute atomic E-state index is 0.0117. The van der Waals surface area contributed by atoms with Gasteiger partial charge in [-0.1, -0.05) is 83.5 Å². The quantitative estimate of drug-likeness (QED) is 0.393. The second kappa shape index (κ2) is 9.14. The van der Waals surface area contributed by atoms with Crippen molar-refractivity contribution in [2.45, 2.75) is 25.8 Å². The number of rotatable bonds is 4. The van der Waals surface area contributed by atoms with Gasteiger partial charge in [-0.05, 0) is 60.2 Å². The average Bonchev–Trinajstić information content (AvgIpc) is 3.22. The predicted octanol–water partition coefficient (Wildman–Crippen LogP) is 4.64. The number of fused-ring (bicyclic) bond motifs is 3. The highest BCUT2D eigenvalue weighted by atomic mass is 32.1. The minimum atomic E-state index is -0.160. The second-order valence-corrected chi connectivity index (χ2v) is 10.1. The van der Waals surface area contributed by atoms with Crippen molar-refractivity contribution in [2.75, 3.05) is 6.61 Å². The molecule has 3 aromatic carbocycles. The summed E-state index contributed by atoms with van der Waals surface area (Å²) >= 11 is 1.44. The van der Waals surface area contributed by atoms with E-state index < -0.39 is 0 Å². The largest absolute Gasteiger partial charge is 0.481 e. The molecule has 0 fully saturated rings. The summed E-state index contributed by atoms with van der Waals surface area (Å²) in [5.74, 6) is 3.17. The van der Waals surface area contributed by atoms with E-state index in [2.05, 4.69) is 61.4 Å². The molecule has 176 valence electrons. The molecular weight excluding hydrogens is 464 g/mol. The van der Waals surface area contributed by atoms with Gasteiger partial charge in [-0.15, -0.1) is 6.42 Å². The summed E-state index contributed by atoms with van der Waals surface area (Å²) in [5.41, 5.74) is 7.95. The first kappa shape index (κ1) is 22.3. The Morgan fingerprint density at radius 3 is 2.64 bits per heavy atom. The number of thiazole rings is 1. The number of benzene rings is 3. The normalized spacial score (nSPS) is 16.4. The lowest BCUT2D eigenvalue weighted by atomic mass is 9.83. The van der Waals surface area contributed by atoms with E-state index in [1.807, 2.05) is 34.9 Å². The lowest BCUT2D eigenvalue weighted by molar-refractivity contribution is 0.370. The first-order chi connectivity index (χ1) is 17.6. The number of nitrogens with zero attached hydrogens (tertiary/aromatic N) is 2. The van der Waals surface area contributed by atoms with Crippen LogP contribution in [0.1, 0.15) is 40.3 Å². The third-order valence-electron chi connectivity index (χ3n) is 6.77. The SMILES string of the molecule is C#CCOc1ccc(/C=c2\sc3n(c2=O)[C@@H](c2ccc(C)cc2)C2=C(N=3)c3ccccc3CC2)cc1. The van der Waals surface area contributed by atoms with Crippen LogP contribution in [0.15, 0.2) is 88.2 Å². The maximum absolute atomic E-state index is 13.8. The van der Waals surface area contributed by atoms with Crippen molar-refractivity contribution < 1.29 is 4.74 Å². The van der Waals surface area contributed by atoms with Gasteiger partial charge in [0, 0.05) is 5.56 Å². The van der Waals surface area contributed by atoms with Gasteiger partial charge in [0.2, 0.25) is 0 Å². The highest BCUT2D eigenvalue weighted by molar-refractivity contribution is 7.07. The highest BCUT2D eigenvalue weighted by Crippen LogP contribution is 2.41. The van der Waals surface area contributed by atoms with Crippen molar-refractivity contribution in [2.24, 2.45) is 4.99 Å². The maximum Gasteiger partial charge on any atom is 0.271 e. The van der Waals surface area contributed by atoms with Crippen LogP contribution in [0.3, 0.4) is 0 Å². The van der Waals surface area contributed by atoms with E-state index in [4.69, 9.17) is 16.2 Å². The molecule has 6 rings (SSSR count). The number of ether oxygens (including phenoxy) is 1. The van der Waals surface area contributed by atoms with Crippen LogP contribution in [0.5, 0.6) is 5.75 Å². The van der Waals surface area contributed by atoms with Crippen LogP contribution in [0.4, 0.5) is 0 Å². The van der Waals surface area contributed by atoms with Crippen molar-refractivity contribution in [1.29, 1.82) is 0 Å². The Balaban J connectivity index is 1.52. The number of aromatic nitrogens is 1. The number of terminal acetylenes is 1. The fourth-order valence-electron chi connectivity index (χ4n) is 5.01. The molecule has 1 aliphatic heterocycles. The molecule has 2 aliphatic rings. The summed E-state index contributed by atoms with van der Waals surface area (Å²) in [6.07, 6.45) is 9.04. The summed E-state index contributed by atoms with van der Waals surface area (Å²) in [7, 11) is 0. The molecule has 0 saturated heterocycles. The minimum Gasteiger partial charge on any atom is -0.481 e. The monoisotopic (exact) mass is 488 g/mol. The standard InChI is InChI=1S/C31H24N2O2S/c1-3-18-35-24-15-10-21(11-16-24)19-27-30(34)33-29(23-12-8-20(2)9-13-23)26-17-14-22-6-4-5-7-25(22)28(26)32-31(33)36-27/h1,4-13,15-16,19,29H,14,17-18H2,2H3/b27-19-/t29-/m0/s1. The predicted molar refractivity (Wildman–Crippen MR) is 145 cm³/mol. The first-order valence-electron chi connectivity index (χ1n) is 12.0. The van der Waals surface area contributed by atoms with E-state index in [0.29, 0.717) is 10.3 Å². The molecule has 4 aromatic rings. The molecule has 0 N–H and O–H groups in total. The van der Waals surface area contributed by atoms with Crippen LogP contribution < -0.4 is 19.6 Å². The summed E-state index contributed by atoms with van der Waals surface area (Å²) < 4.78 is 8.02. The van der Waals surface area contributed by atoms with Gasteiger partial charge in [-0.25, -0.2) is 4.99 Å². The molecule has 0 unspecified atom stereocenters. The summed E-state index contributed by atoms with van der Waals surface area (Å²) in [6, 6.07) is 24.4. The number of aryl methyl sites for hydroxylation is 2. The van der Waals surface area contributed by atoms with E-state index in [9.17, 15) is 4.79 Å². The zero-order chi connectivity index (χ0) is 24.6. The van der Waals surface area contributed by atoms with Crippen molar-refractivity contribution in [3.8, 4) is 18.1 Å². The molecule has 4 nitrogen and oxygen atoms in total. The van der Waals surface area contributed by atoms with Gasteiger partial charge in [0.1, 0.15) is 12.4 Å². The van der Waals surface area contributed by atoms with Gasteiger partial charge in [0.15, 0.2) is 4.80 Å². The Kier molecular flexibility index (Phi) is 5.67. The Labute approximate surface area is 213 Å². The zero-order valence-corrected chi connectivity index (χ0v) is 20.7. The van der Waals surface area contributed by atoms with E-state index in [1.54, 1.807) is 0 Å². The first-order valence-corrected chi connectivity index (χ1v) is 12.8. The summed E-state index contributed by atoms with van der Waals surface area (Å²) in [5, 5.41) is 0. The van der Waals surface area contributed by atoms with Gasteiger partial charge in [0.25, 0.3) is 5.56 Å². The van der Waals surface area contributed by atoms with Crippen molar-refractivity contribution >= 4 is 23.1 Å². The maximum atomic E-state index is 13.8. The molecule has 5 heteroatoms. The molecule has 1 aromatic heterocycles. The van der Waals surface area contributed by atoms with Crippen molar-refractivity contribution in [3.63, 3.8) is 0 Å². The third kappa shape index (κ3) is 3.90. The summed E-state index contributed by atoms with van der Waals surface area (Å²) in [4.78, 5) is 19.6. The molecule has 0 amide bonds. The number of allylic oxidation sites excluding steroid dienone is 1. The van der Waals surface area contributed by atoms with Crippen molar-refractivity contribution in [1.82, 2.24) is 4.57 Å². The highest BCUT2D eigenvalue weighted by Gasteiger charge is 2.32. The topological polar surface area (TPSA) is 43.6 Å². The number of hydrogen-bond donors (Lipinski definition) is 0. The van der Waals surface area contributed by atoms with Crippen molar-refractivity contribution in [3.05, 3.63) is 126 Å². The fraction of sp³-hybridized carbons (Fsp3) is 0.161. The lowest BCUT2D eigenvalue weighted by Crippen LogP contribution is -2.38. The van der Waals surface area contributed by atoms with Gasteiger partial charge in [0.05, 0.1) is 16.3 Å². The molecule has 2 heterocycles. The van der Waals surface area contributed by atoms with Gasteiger partial charge in [-0.2, -0.15) is 0 Å². The van der Waals surface area contributed by atoms with E-state index in [1.165, 1.54) is 33.6 Å². The molecule has 0 bridgehead atoms. The van der Waals surface area contributed by atoms with Crippen LogP contribution >= 0.6 is 11.3 Å². The van der Waals surface area contributed by atoms with Crippen LogP contribution in [-0.4, -0.2) is 11.2 Å². The molecule has 0 saturated carbocycles. The average molecular weight is 489 g/mol. The molecule has 0 radical (unpaired) electrons. The van der Waals surface area contributed by atoms with E-state index >= 15 is 0 Å². The molecule has 0 spiro atoms. The molecular formula is C31H24N2O2S. The summed E-state index contributed by atoms with van der Waals surface area (Å²) in [6.45, 7) is 2.31. The Bertz CT molecular complexity index is 1720. The molecule has 36 heavy (non-hydrogen) atoms. The van der Waals surface area contributed by atoms with Crippen LogP contribution in [0.25, 0.3) is 11.8 Å². The second-order valence-electron chi connectivity index (χ2n) is 9.09. The smallest absolute Gasteiger partial charge is 0.271 e. The van der Waals surface area contributed by atoms with Crippen LogP contribution in [0, 0.1) is 19.3 Å². The number of hydrogen-bond acceptors (Lipinski definition) is 4. The van der Waals surface area contributed by atoms with E-state index in [-0.39, 0.29) is 18.2 Å². The fourth-order valence-corrected chi connectivity index (χ4v) is 6.01. The van der Waals surface area contributed by atoms with Gasteiger partial charge >= 0.3 is 0 Å². The van der Waals surface area contributed by atoms with Crippen LogP contribution in [0.2, 0.25) is 0 Å². The zero-order valence-electron chi connectivity index (χ0n) is 19.9. The van der Waals surface area contributed by atoms with E-state index in [0.717, 1.165) is 34.5 Å². The Morgan fingerprint density at radius 2 is 1.86 bits per heavy atom. The van der Waals surface area contributed by atoms with Crippen LogP contribution in [-0.2, 0) is 6.42 Å². The Hall–Kier alpha value is -4.14. The van der Waals surface area contributed by atoms with Gasteiger partial charge in [-0.3, -0.25) is 9.36 Å². The van der Waals surface area contributed by atoms with Gasteiger partial charge < -0.3 is 4.74 Å². The lowest BCUT2D eigenvalue weighted by Gasteiger charge is -2.30. The Morgan fingerprint density at radius 1 is 1.08 bits per heavy atom.